The maximum atomic E-state index is 13.5. The van der Waals surface area contributed by atoms with Gasteiger partial charge in [-0.1, -0.05) is 36.6 Å². The molecule has 1 fully saturated rings. The lowest BCUT2D eigenvalue weighted by Gasteiger charge is -2.34. The highest BCUT2D eigenvalue weighted by molar-refractivity contribution is 6.30. The summed E-state index contributed by atoms with van der Waals surface area (Å²) in [4.78, 5) is 15.4. The molecule has 0 N–H and O–H groups in total. The summed E-state index contributed by atoms with van der Waals surface area (Å²) in [7, 11) is 1.89. The molecule has 2 aromatic rings. The van der Waals surface area contributed by atoms with Gasteiger partial charge in [0.1, 0.15) is 0 Å². The molecule has 3 rings (SSSR count). The lowest BCUT2D eigenvalue weighted by Crippen LogP contribution is -2.45. The molecule has 0 spiro atoms. The number of aryl methyl sites for hydroxylation is 1. The standard InChI is InChI=1S/C19H24ClN3O/c1-3-23(14-15-12-21-22(2)13-15)18(24)19(9-4-5-10-19)16-7-6-8-17(20)11-16/h6-8,11-13H,3-5,9-10,14H2,1-2H3. The average molecular weight is 346 g/mol. The normalized spacial score (nSPS) is 16.3. The Labute approximate surface area is 148 Å². The molecule has 0 atom stereocenters. The number of hydrogen-bond donors (Lipinski definition) is 0. The van der Waals surface area contributed by atoms with E-state index in [0.717, 1.165) is 36.8 Å². The van der Waals surface area contributed by atoms with E-state index in [1.807, 2.05) is 55.5 Å². The Kier molecular flexibility index (Phi) is 4.95. The first kappa shape index (κ1) is 17.0. The van der Waals surface area contributed by atoms with Crippen LogP contribution in [-0.2, 0) is 23.8 Å². The molecule has 1 aliphatic carbocycles. The van der Waals surface area contributed by atoms with E-state index in [2.05, 4.69) is 5.10 Å². The minimum Gasteiger partial charge on any atom is -0.338 e. The zero-order valence-corrected chi connectivity index (χ0v) is 15.1. The lowest BCUT2D eigenvalue weighted by atomic mass is 9.77. The maximum Gasteiger partial charge on any atom is 0.233 e. The van der Waals surface area contributed by atoms with Crippen LogP contribution in [0, 0.1) is 0 Å². The number of amides is 1. The van der Waals surface area contributed by atoms with Crippen molar-refractivity contribution < 1.29 is 4.79 Å². The summed E-state index contributed by atoms with van der Waals surface area (Å²) in [5.74, 6) is 0.216. The van der Waals surface area contributed by atoms with Gasteiger partial charge in [0.2, 0.25) is 5.91 Å². The highest BCUT2D eigenvalue weighted by Crippen LogP contribution is 2.43. The molecule has 0 bridgehead atoms. The first-order chi connectivity index (χ1) is 11.5. The predicted octanol–water partition coefficient (Wildman–Crippen LogP) is 3.93. The third-order valence-electron chi connectivity index (χ3n) is 5.04. The van der Waals surface area contributed by atoms with Crippen LogP contribution in [0.4, 0.5) is 0 Å². The van der Waals surface area contributed by atoms with Crippen LogP contribution in [0.25, 0.3) is 0 Å². The Morgan fingerprint density at radius 1 is 1.38 bits per heavy atom. The molecule has 1 amide bonds. The first-order valence-electron chi connectivity index (χ1n) is 8.58. The van der Waals surface area contributed by atoms with E-state index in [9.17, 15) is 4.79 Å². The summed E-state index contributed by atoms with van der Waals surface area (Å²) in [6.07, 6.45) is 7.77. The molecule has 1 aliphatic rings. The Balaban J connectivity index is 1.90. The van der Waals surface area contributed by atoms with Crippen molar-refractivity contribution in [2.24, 2.45) is 7.05 Å². The molecule has 4 nitrogen and oxygen atoms in total. The second-order valence-electron chi connectivity index (χ2n) is 6.64. The Morgan fingerprint density at radius 3 is 2.71 bits per heavy atom. The molecule has 1 aromatic carbocycles. The second-order valence-corrected chi connectivity index (χ2v) is 7.08. The van der Waals surface area contributed by atoms with Crippen LogP contribution in [0.1, 0.15) is 43.7 Å². The Morgan fingerprint density at radius 2 is 2.12 bits per heavy atom. The number of likely N-dealkylation sites (N-methyl/N-ethyl adjacent to an activating group) is 1. The van der Waals surface area contributed by atoms with Gasteiger partial charge in [-0.25, -0.2) is 0 Å². The van der Waals surface area contributed by atoms with Crippen LogP contribution in [0.3, 0.4) is 0 Å². The minimum atomic E-state index is -0.427. The third-order valence-corrected chi connectivity index (χ3v) is 5.28. The van der Waals surface area contributed by atoms with Crippen molar-refractivity contribution in [2.45, 2.75) is 44.6 Å². The highest BCUT2D eigenvalue weighted by Gasteiger charge is 2.44. The number of nitrogens with zero attached hydrogens (tertiary/aromatic N) is 3. The van der Waals surface area contributed by atoms with Gasteiger partial charge in [-0.3, -0.25) is 9.48 Å². The van der Waals surface area contributed by atoms with Crippen molar-refractivity contribution in [1.29, 1.82) is 0 Å². The number of benzene rings is 1. The maximum absolute atomic E-state index is 13.5. The molecule has 1 aromatic heterocycles. The van der Waals surface area contributed by atoms with E-state index in [-0.39, 0.29) is 5.91 Å². The predicted molar refractivity (Wildman–Crippen MR) is 95.9 cm³/mol. The van der Waals surface area contributed by atoms with Gasteiger partial charge < -0.3 is 4.90 Å². The van der Waals surface area contributed by atoms with Crippen LogP contribution in [-0.4, -0.2) is 27.1 Å². The van der Waals surface area contributed by atoms with Crippen molar-refractivity contribution in [3.63, 3.8) is 0 Å². The number of carbonyl (C=O) groups excluding carboxylic acids is 1. The van der Waals surface area contributed by atoms with E-state index in [0.29, 0.717) is 18.1 Å². The smallest absolute Gasteiger partial charge is 0.233 e. The van der Waals surface area contributed by atoms with E-state index < -0.39 is 5.41 Å². The first-order valence-corrected chi connectivity index (χ1v) is 8.96. The molecule has 0 unspecified atom stereocenters. The van der Waals surface area contributed by atoms with Crippen molar-refractivity contribution in [1.82, 2.24) is 14.7 Å². The third kappa shape index (κ3) is 3.20. The SMILES string of the molecule is CCN(Cc1cnn(C)c1)C(=O)C1(c2cccc(Cl)c2)CCCC1. The molecule has 0 saturated heterocycles. The number of carbonyl (C=O) groups is 1. The van der Waals surface area contributed by atoms with Crippen LogP contribution in [0.15, 0.2) is 36.7 Å². The quantitative estimate of drug-likeness (QED) is 0.823. The van der Waals surface area contributed by atoms with Gasteiger partial charge in [-0.05, 0) is 37.5 Å². The summed E-state index contributed by atoms with van der Waals surface area (Å²) in [6, 6.07) is 7.82. The summed E-state index contributed by atoms with van der Waals surface area (Å²) in [5.41, 5.74) is 1.69. The van der Waals surface area contributed by atoms with E-state index in [1.165, 1.54) is 0 Å². The van der Waals surface area contributed by atoms with Crippen molar-refractivity contribution >= 4 is 17.5 Å². The van der Waals surface area contributed by atoms with E-state index in [1.54, 1.807) is 4.68 Å². The molecule has 1 saturated carbocycles. The molecule has 5 heteroatoms. The second kappa shape index (κ2) is 6.98. The van der Waals surface area contributed by atoms with E-state index in [4.69, 9.17) is 11.6 Å². The van der Waals surface area contributed by atoms with Crippen LogP contribution < -0.4 is 0 Å². The van der Waals surface area contributed by atoms with Crippen LogP contribution in [0.2, 0.25) is 5.02 Å². The summed E-state index contributed by atoms with van der Waals surface area (Å²) < 4.78 is 1.77. The fraction of sp³-hybridized carbons (Fsp3) is 0.474. The van der Waals surface area contributed by atoms with Gasteiger partial charge in [0.15, 0.2) is 0 Å². The number of rotatable bonds is 5. The Hall–Kier alpha value is -1.81. The molecule has 0 radical (unpaired) electrons. The monoisotopic (exact) mass is 345 g/mol. The van der Waals surface area contributed by atoms with Gasteiger partial charge in [-0.15, -0.1) is 0 Å². The molecular weight excluding hydrogens is 322 g/mol. The molecule has 0 aliphatic heterocycles. The minimum absolute atomic E-state index is 0.216. The van der Waals surface area contributed by atoms with Crippen LogP contribution in [0.5, 0.6) is 0 Å². The summed E-state index contributed by atoms with van der Waals surface area (Å²) in [5, 5.41) is 4.91. The lowest BCUT2D eigenvalue weighted by molar-refractivity contribution is -0.137. The van der Waals surface area contributed by atoms with Crippen molar-refractivity contribution in [2.75, 3.05) is 6.54 Å². The molecule has 128 valence electrons. The topological polar surface area (TPSA) is 38.1 Å². The zero-order chi connectivity index (χ0) is 17.2. The zero-order valence-electron chi connectivity index (χ0n) is 14.3. The number of halogens is 1. The summed E-state index contributed by atoms with van der Waals surface area (Å²) in [6.45, 7) is 3.33. The van der Waals surface area contributed by atoms with Gasteiger partial charge in [0.05, 0.1) is 11.6 Å². The number of hydrogen-bond acceptors (Lipinski definition) is 2. The van der Waals surface area contributed by atoms with Crippen molar-refractivity contribution in [3.05, 3.63) is 52.8 Å². The number of aromatic nitrogens is 2. The van der Waals surface area contributed by atoms with Gasteiger partial charge >= 0.3 is 0 Å². The molecular formula is C19H24ClN3O. The fourth-order valence-electron chi connectivity index (χ4n) is 3.79. The van der Waals surface area contributed by atoms with Crippen molar-refractivity contribution in [3.8, 4) is 0 Å². The largest absolute Gasteiger partial charge is 0.338 e. The van der Waals surface area contributed by atoms with Gasteiger partial charge in [-0.2, -0.15) is 5.10 Å². The fourth-order valence-corrected chi connectivity index (χ4v) is 3.98. The average Bonchev–Trinajstić information content (AvgIpc) is 3.22. The molecule has 1 heterocycles. The van der Waals surface area contributed by atoms with Gasteiger partial charge in [0.25, 0.3) is 0 Å². The van der Waals surface area contributed by atoms with Gasteiger partial charge in [0, 0.05) is 36.9 Å². The van der Waals surface area contributed by atoms with Crippen LogP contribution >= 0.6 is 11.6 Å². The van der Waals surface area contributed by atoms with E-state index >= 15 is 0 Å². The Bertz CT molecular complexity index is 719. The molecule has 24 heavy (non-hydrogen) atoms. The highest BCUT2D eigenvalue weighted by atomic mass is 35.5. The summed E-state index contributed by atoms with van der Waals surface area (Å²) >= 11 is 6.20.